The van der Waals surface area contributed by atoms with E-state index in [0.29, 0.717) is 12.4 Å². The van der Waals surface area contributed by atoms with E-state index in [4.69, 9.17) is 9.84 Å². The summed E-state index contributed by atoms with van der Waals surface area (Å²) in [6.07, 6.45) is 0. The van der Waals surface area contributed by atoms with Crippen LogP contribution in [0.15, 0.2) is 18.2 Å². The number of hydrogen-bond acceptors (Lipinski definition) is 4. The van der Waals surface area contributed by atoms with Crippen LogP contribution < -0.4 is 10.1 Å². The Morgan fingerprint density at radius 1 is 1.17 bits per heavy atom. The third kappa shape index (κ3) is 3.86. The molecule has 0 fully saturated rings. The number of carboxylic acids is 1. The molecule has 0 aliphatic heterocycles. The summed E-state index contributed by atoms with van der Waals surface area (Å²) in [5.41, 5.74) is 2.02. The van der Waals surface area contributed by atoms with Gasteiger partial charge in [0.1, 0.15) is 11.6 Å². The Labute approximate surface area is 138 Å². The average molecular weight is 336 g/mol. The average Bonchev–Trinajstić information content (AvgIpc) is 2.51. The summed E-state index contributed by atoms with van der Waals surface area (Å²) in [7, 11) is 1.53. The van der Waals surface area contributed by atoms with Crippen molar-refractivity contribution < 1.29 is 23.4 Å². The van der Waals surface area contributed by atoms with Crippen LogP contribution >= 0.6 is 0 Å². The number of nitrogens with zero attached hydrogens (tertiary/aromatic N) is 1. The maximum Gasteiger partial charge on any atom is 0.335 e. The molecule has 0 amide bonds. The van der Waals surface area contributed by atoms with E-state index in [9.17, 15) is 13.6 Å². The maximum absolute atomic E-state index is 13.9. The van der Waals surface area contributed by atoms with E-state index in [-0.39, 0.29) is 12.1 Å². The first kappa shape index (κ1) is 17.8. The first-order chi connectivity index (χ1) is 11.3. The zero-order valence-electron chi connectivity index (χ0n) is 13.6. The van der Waals surface area contributed by atoms with Crippen LogP contribution in [0.2, 0.25) is 0 Å². The van der Waals surface area contributed by atoms with Crippen molar-refractivity contribution in [2.45, 2.75) is 26.9 Å². The molecule has 0 radical (unpaired) electrons. The number of hydrogen-bond donors (Lipinski definition) is 2. The molecule has 0 saturated heterocycles. The van der Waals surface area contributed by atoms with Gasteiger partial charge in [0.2, 0.25) is 5.88 Å². The molecule has 0 saturated carbocycles. The van der Waals surface area contributed by atoms with Crippen LogP contribution in [-0.4, -0.2) is 23.2 Å². The number of carboxylic acid groups (broad SMARTS) is 1. The Morgan fingerprint density at radius 2 is 1.75 bits per heavy atom. The zero-order chi connectivity index (χ0) is 17.9. The van der Waals surface area contributed by atoms with E-state index in [0.717, 1.165) is 29.0 Å². The minimum absolute atomic E-state index is 0.0670. The Hall–Kier alpha value is -2.54. The highest BCUT2D eigenvalue weighted by atomic mass is 19.1. The number of aromatic carboxylic acids is 1. The molecule has 24 heavy (non-hydrogen) atoms. The lowest BCUT2D eigenvalue weighted by Crippen LogP contribution is -2.17. The molecule has 0 atom stereocenters. The number of aromatic nitrogens is 1. The molecule has 5 nitrogen and oxygen atoms in total. The quantitative estimate of drug-likeness (QED) is 0.848. The molecule has 0 spiro atoms. The van der Waals surface area contributed by atoms with Crippen LogP contribution in [0.5, 0.6) is 5.88 Å². The number of aryl methyl sites for hydroxylation is 2. The van der Waals surface area contributed by atoms with Gasteiger partial charge in [-0.15, -0.1) is 0 Å². The normalized spacial score (nSPS) is 10.7. The Kier molecular flexibility index (Phi) is 5.46. The number of benzene rings is 1. The first-order valence-electron chi connectivity index (χ1n) is 7.26. The largest absolute Gasteiger partial charge is 0.481 e. The molecule has 128 valence electrons. The molecule has 1 heterocycles. The molecule has 2 aromatic rings. The molecule has 2 N–H and O–H groups in total. The molecular weight excluding hydrogens is 318 g/mol. The van der Waals surface area contributed by atoms with Crippen molar-refractivity contribution in [3.05, 3.63) is 57.8 Å². The number of pyridine rings is 1. The predicted octanol–water partition coefficient (Wildman–Crippen LogP) is 2.97. The highest BCUT2D eigenvalue weighted by Gasteiger charge is 2.15. The van der Waals surface area contributed by atoms with Gasteiger partial charge in [0.15, 0.2) is 0 Å². The number of halogens is 2. The summed E-state index contributed by atoms with van der Waals surface area (Å²) in [5, 5.41) is 11.7. The van der Waals surface area contributed by atoms with Crippen molar-refractivity contribution in [2.24, 2.45) is 0 Å². The molecule has 2 rings (SSSR count). The monoisotopic (exact) mass is 336 g/mol. The fourth-order valence-electron chi connectivity index (χ4n) is 2.40. The smallest absolute Gasteiger partial charge is 0.335 e. The molecule has 1 aromatic carbocycles. The fraction of sp³-hybridized carbons (Fsp3) is 0.294. The van der Waals surface area contributed by atoms with Crippen molar-refractivity contribution >= 4 is 5.97 Å². The van der Waals surface area contributed by atoms with Crippen molar-refractivity contribution in [1.29, 1.82) is 0 Å². The van der Waals surface area contributed by atoms with Crippen LogP contribution in [0.4, 0.5) is 8.78 Å². The molecule has 0 aliphatic carbocycles. The van der Waals surface area contributed by atoms with Gasteiger partial charge in [0, 0.05) is 30.4 Å². The van der Waals surface area contributed by atoms with Gasteiger partial charge in [0.05, 0.1) is 12.7 Å². The van der Waals surface area contributed by atoms with Gasteiger partial charge in [-0.1, -0.05) is 0 Å². The van der Waals surface area contributed by atoms with Crippen LogP contribution in [0.3, 0.4) is 0 Å². The van der Waals surface area contributed by atoms with E-state index in [1.807, 2.05) is 13.8 Å². The molecule has 7 heteroatoms. The second-order valence-corrected chi connectivity index (χ2v) is 5.37. The van der Waals surface area contributed by atoms with Crippen LogP contribution in [-0.2, 0) is 13.1 Å². The summed E-state index contributed by atoms with van der Waals surface area (Å²) in [6.45, 7) is 4.03. The molecule has 0 aliphatic rings. The van der Waals surface area contributed by atoms with Gasteiger partial charge < -0.3 is 15.2 Å². The summed E-state index contributed by atoms with van der Waals surface area (Å²) >= 11 is 0. The fourth-order valence-corrected chi connectivity index (χ4v) is 2.40. The lowest BCUT2D eigenvalue weighted by Gasteiger charge is -2.13. The second-order valence-electron chi connectivity index (χ2n) is 5.37. The third-order valence-corrected chi connectivity index (χ3v) is 3.73. The van der Waals surface area contributed by atoms with Crippen LogP contribution in [0.1, 0.15) is 32.7 Å². The van der Waals surface area contributed by atoms with Crippen molar-refractivity contribution in [3.8, 4) is 5.88 Å². The Morgan fingerprint density at radius 3 is 2.25 bits per heavy atom. The van der Waals surface area contributed by atoms with Crippen molar-refractivity contribution in [2.75, 3.05) is 7.11 Å². The van der Waals surface area contributed by atoms with Gasteiger partial charge in [-0.2, -0.15) is 0 Å². The highest BCUT2D eigenvalue weighted by molar-refractivity contribution is 5.87. The van der Waals surface area contributed by atoms with E-state index < -0.39 is 23.2 Å². The van der Waals surface area contributed by atoms with E-state index in [1.54, 1.807) is 6.07 Å². The summed E-state index contributed by atoms with van der Waals surface area (Å²) in [6, 6.07) is 3.41. The van der Waals surface area contributed by atoms with Gasteiger partial charge >= 0.3 is 5.97 Å². The number of ether oxygens (including phenoxy) is 1. The summed E-state index contributed by atoms with van der Waals surface area (Å²) in [4.78, 5) is 15.0. The maximum atomic E-state index is 13.9. The van der Waals surface area contributed by atoms with E-state index in [2.05, 4.69) is 10.3 Å². The topological polar surface area (TPSA) is 71.5 Å². The summed E-state index contributed by atoms with van der Waals surface area (Å²) < 4.78 is 32.9. The standard InChI is InChI=1S/C17H18F2N2O3/c1-9-4-16(24-3)21-10(2)12(9)7-20-8-13-14(18)5-11(17(22)23)6-15(13)19/h4-6,20H,7-8H2,1-3H3,(H,22,23). The van der Waals surface area contributed by atoms with E-state index >= 15 is 0 Å². The minimum atomic E-state index is -1.37. The van der Waals surface area contributed by atoms with Gasteiger partial charge in [-0.3, -0.25) is 0 Å². The number of rotatable bonds is 6. The number of methoxy groups -OCH3 is 1. The number of carbonyl (C=O) groups is 1. The van der Waals surface area contributed by atoms with Gasteiger partial charge in [-0.25, -0.2) is 18.6 Å². The lowest BCUT2D eigenvalue weighted by atomic mass is 10.1. The molecule has 1 aromatic heterocycles. The molecular formula is C17H18F2N2O3. The SMILES string of the molecule is COc1cc(C)c(CNCc2c(F)cc(C(=O)O)cc2F)c(C)n1. The lowest BCUT2D eigenvalue weighted by molar-refractivity contribution is 0.0695. The van der Waals surface area contributed by atoms with Crippen molar-refractivity contribution in [1.82, 2.24) is 10.3 Å². The zero-order valence-corrected chi connectivity index (χ0v) is 13.6. The molecule has 0 bridgehead atoms. The first-order valence-corrected chi connectivity index (χ1v) is 7.26. The van der Waals surface area contributed by atoms with Gasteiger partial charge in [-0.05, 0) is 37.1 Å². The van der Waals surface area contributed by atoms with Gasteiger partial charge in [0.25, 0.3) is 0 Å². The number of nitrogens with one attached hydrogen (secondary N) is 1. The Bertz CT molecular complexity index is 732. The van der Waals surface area contributed by atoms with E-state index in [1.165, 1.54) is 7.11 Å². The summed E-state index contributed by atoms with van der Waals surface area (Å²) in [5.74, 6) is -2.64. The predicted molar refractivity (Wildman–Crippen MR) is 84.1 cm³/mol. The highest BCUT2D eigenvalue weighted by Crippen LogP contribution is 2.19. The van der Waals surface area contributed by atoms with Crippen LogP contribution in [0.25, 0.3) is 0 Å². The van der Waals surface area contributed by atoms with Crippen molar-refractivity contribution in [3.63, 3.8) is 0 Å². The minimum Gasteiger partial charge on any atom is -0.481 e. The molecule has 0 unspecified atom stereocenters. The third-order valence-electron chi connectivity index (χ3n) is 3.73. The second kappa shape index (κ2) is 7.35. The van der Waals surface area contributed by atoms with Crippen LogP contribution in [0, 0.1) is 25.5 Å². The Balaban J connectivity index is 2.12.